The van der Waals surface area contributed by atoms with E-state index in [9.17, 15) is 0 Å². The van der Waals surface area contributed by atoms with Crippen LogP contribution in [-0.4, -0.2) is 21.9 Å². The SMILES string of the molecule is O.O.O.O.[Co].[Co].[Cr]. The zero-order chi connectivity index (χ0) is 0. The number of hydrogen-bond donors (Lipinski definition) is 0. The third-order valence-corrected chi connectivity index (χ3v) is 0. The second-order valence-corrected chi connectivity index (χ2v) is 0. The summed E-state index contributed by atoms with van der Waals surface area (Å²) in [7, 11) is 0. The van der Waals surface area contributed by atoms with E-state index in [4.69, 9.17) is 0 Å². The first kappa shape index (κ1) is 238. The van der Waals surface area contributed by atoms with E-state index in [0.29, 0.717) is 0 Å². The van der Waals surface area contributed by atoms with Gasteiger partial charge in [0.1, 0.15) is 0 Å². The molecule has 0 aliphatic heterocycles. The average molecular weight is 242 g/mol. The molecule has 0 saturated heterocycles. The van der Waals surface area contributed by atoms with Gasteiger partial charge >= 0.3 is 0 Å². The average Bonchev–Trinajstić information content (AvgIpc) is 0. The van der Waals surface area contributed by atoms with Crippen molar-refractivity contribution in [3.05, 3.63) is 0 Å². The molecular weight excluding hydrogens is 234 g/mol. The Morgan fingerprint density at radius 1 is 0.429 bits per heavy atom. The summed E-state index contributed by atoms with van der Waals surface area (Å²) in [6, 6.07) is 0. The van der Waals surface area contributed by atoms with E-state index in [0.717, 1.165) is 0 Å². The van der Waals surface area contributed by atoms with Gasteiger partial charge < -0.3 is 21.9 Å². The molecule has 0 fully saturated rings. The first-order valence-corrected chi connectivity index (χ1v) is 0. The molecule has 0 aliphatic carbocycles. The summed E-state index contributed by atoms with van der Waals surface area (Å²) in [6.45, 7) is 0. The van der Waals surface area contributed by atoms with E-state index < -0.39 is 0 Å². The van der Waals surface area contributed by atoms with Gasteiger partial charge in [-0.2, -0.15) is 0 Å². The van der Waals surface area contributed by atoms with Crippen molar-refractivity contribution in [2.24, 2.45) is 0 Å². The number of rotatable bonds is 0. The molecule has 0 spiro atoms. The van der Waals surface area contributed by atoms with Crippen LogP contribution >= 0.6 is 0 Å². The van der Waals surface area contributed by atoms with Gasteiger partial charge in [-0.25, -0.2) is 0 Å². The van der Waals surface area contributed by atoms with Gasteiger partial charge in [0.25, 0.3) is 0 Å². The predicted octanol–water partition coefficient (Wildman–Crippen LogP) is -3.31. The molecule has 0 rings (SSSR count). The van der Waals surface area contributed by atoms with Crippen LogP contribution < -0.4 is 0 Å². The third kappa shape index (κ3) is 112. The standard InChI is InChI=1S/2Co.Cr.4H2O/h;;;4*1H2. The largest absolute Gasteiger partial charge is 0.412 e. The van der Waals surface area contributed by atoms with Crippen LogP contribution in [0.2, 0.25) is 0 Å². The van der Waals surface area contributed by atoms with Gasteiger partial charge in [0.2, 0.25) is 0 Å². The number of hydrogen-bond acceptors (Lipinski definition) is 0. The molecule has 0 aromatic carbocycles. The summed E-state index contributed by atoms with van der Waals surface area (Å²) in [5.74, 6) is 0. The van der Waals surface area contributed by atoms with Crippen LogP contribution in [0.3, 0.4) is 0 Å². The van der Waals surface area contributed by atoms with Gasteiger partial charge in [-0.1, -0.05) is 0 Å². The molecule has 2 radical (unpaired) electrons. The summed E-state index contributed by atoms with van der Waals surface area (Å²) in [5.41, 5.74) is 0. The molecule has 0 bridgehead atoms. The molecule has 0 aliphatic rings. The Bertz CT molecular complexity index is 9.65. The van der Waals surface area contributed by atoms with E-state index in [1.54, 1.807) is 0 Å². The van der Waals surface area contributed by atoms with Crippen LogP contribution in [-0.2, 0) is 50.9 Å². The van der Waals surface area contributed by atoms with Crippen molar-refractivity contribution in [1.82, 2.24) is 0 Å². The zero-order valence-electron chi connectivity index (χ0n) is 3.07. The third-order valence-electron chi connectivity index (χ3n) is 0. The Morgan fingerprint density at radius 3 is 0.429 bits per heavy atom. The van der Waals surface area contributed by atoms with Crippen LogP contribution in [0, 0.1) is 0 Å². The Kier molecular flexibility index (Phi) is 5340. The van der Waals surface area contributed by atoms with Gasteiger partial charge in [0.05, 0.1) is 0 Å². The summed E-state index contributed by atoms with van der Waals surface area (Å²) in [6.07, 6.45) is 0. The van der Waals surface area contributed by atoms with Crippen molar-refractivity contribution in [3.8, 4) is 0 Å². The maximum absolute atomic E-state index is 0. The predicted molar refractivity (Wildman–Crippen MR) is 14.5 cm³/mol. The molecular formula is H8Co2CrO4. The molecule has 7 heavy (non-hydrogen) atoms. The van der Waals surface area contributed by atoms with Crippen molar-refractivity contribution >= 4 is 0 Å². The van der Waals surface area contributed by atoms with Gasteiger partial charge in [-0.3, -0.25) is 0 Å². The minimum absolute atomic E-state index is 0. The van der Waals surface area contributed by atoms with E-state index in [1.807, 2.05) is 0 Å². The molecule has 0 unspecified atom stereocenters. The van der Waals surface area contributed by atoms with Crippen molar-refractivity contribution in [1.29, 1.82) is 0 Å². The molecule has 4 nitrogen and oxygen atoms in total. The monoisotopic (exact) mass is 242 g/mol. The Hall–Kier alpha value is 1.39. The fourth-order valence-corrected chi connectivity index (χ4v) is 0. The van der Waals surface area contributed by atoms with Crippen molar-refractivity contribution < 1.29 is 72.8 Å². The van der Waals surface area contributed by atoms with E-state index in [1.165, 1.54) is 0 Å². The maximum atomic E-state index is 0. The van der Waals surface area contributed by atoms with Gasteiger partial charge in [0.15, 0.2) is 0 Å². The van der Waals surface area contributed by atoms with Gasteiger partial charge in [-0.05, 0) is 0 Å². The normalized spacial score (nSPS) is 0. The van der Waals surface area contributed by atoms with E-state index >= 15 is 0 Å². The molecule has 0 amide bonds. The van der Waals surface area contributed by atoms with Crippen LogP contribution in [0.5, 0.6) is 0 Å². The second kappa shape index (κ2) is 157. The molecule has 7 heteroatoms. The van der Waals surface area contributed by atoms with E-state index in [2.05, 4.69) is 0 Å². The molecule has 56 valence electrons. The molecule has 0 atom stereocenters. The van der Waals surface area contributed by atoms with Gasteiger partial charge in [-0.15, -0.1) is 0 Å². The smallest absolute Gasteiger partial charge is 0 e. The Balaban J connectivity index is 0. The molecule has 0 aromatic rings. The Labute approximate surface area is 72.8 Å². The summed E-state index contributed by atoms with van der Waals surface area (Å²) < 4.78 is 0. The maximum Gasteiger partial charge on any atom is 0 e. The molecule has 8 N–H and O–H groups in total. The second-order valence-electron chi connectivity index (χ2n) is 0. The quantitative estimate of drug-likeness (QED) is 0.421. The van der Waals surface area contributed by atoms with E-state index in [-0.39, 0.29) is 72.8 Å². The first-order chi connectivity index (χ1) is 0. The topological polar surface area (TPSA) is 126 Å². The van der Waals surface area contributed by atoms with Crippen molar-refractivity contribution in [3.63, 3.8) is 0 Å². The van der Waals surface area contributed by atoms with Crippen molar-refractivity contribution in [2.45, 2.75) is 0 Å². The van der Waals surface area contributed by atoms with Crippen LogP contribution in [0.25, 0.3) is 0 Å². The minimum atomic E-state index is 0. The van der Waals surface area contributed by atoms with Crippen LogP contribution in [0.1, 0.15) is 0 Å². The summed E-state index contributed by atoms with van der Waals surface area (Å²) in [4.78, 5) is 0. The fourth-order valence-electron chi connectivity index (χ4n) is 0. The fraction of sp³-hybridized carbons (Fsp3) is 0. The Morgan fingerprint density at radius 2 is 0.429 bits per heavy atom. The van der Waals surface area contributed by atoms with Crippen LogP contribution in [0.15, 0.2) is 0 Å². The first-order valence-electron chi connectivity index (χ1n) is 0. The van der Waals surface area contributed by atoms with Crippen LogP contribution in [0.4, 0.5) is 0 Å². The summed E-state index contributed by atoms with van der Waals surface area (Å²) >= 11 is 0. The zero-order valence-corrected chi connectivity index (χ0v) is 6.43. The van der Waals surface area contributed by atoms with Gasteiger partial charge in [0, 0.05) is 50.9 Å². The van der Waals surface area contributed by atoms with Crippen molar-refractivity contribution in [2.75, 3.05) is 0 Å². The minimum Gasteiger partial charge on any atom is -0.412 e. The molecule has 0 saturated carbocycles. The molecule has 0 heterocycles. The molecule has 0 aromatic heterocycles. The summed E-state index contributed by atoms with van der Waals surface area (Å²) in [5, 5.41) is 0.